The molecule has 1 fully saturated rings. The summed E-state index contributed by atoms with van der Waals surface area (Å²) in [6, 6.07) is 5.15. The number of nitrogens with one attached hydrogen (secondary N) is 1. The standard InChI is InChI=1S/C14H18FNO4S/c1-10(21(18,19)9-13-3-2-8-20-13)14(17)16-12-6-4-11(15)5-7-12/h4-7,10,13H,2-3,8-9H2,1H3,(H,16,17). The molecule has 2 atom stereocenters. The quantitative estimate of drug-likeness (QED) is 0.898. The summed E-state index contributed by atoms with van der Waals surface area (Å²) in [5, 5.41) is 1.30. The van der Waals surface area contributed by atoms with Gasteiger partial charge in [0, 0.05) is 12.3 Å². The fourth-order valence-electron chi connectivity index (χ4n) is 2.12. The van der Waals surface area contributed by atoms with Crippen LogP contribution in [-0.2, 0) is 19.4 Å². The average Bonchev–Trinajstić information content (AvgIpc) is 2.92. The topological polar surface area (TPSA) is 72.5 Å². The van der Waals surface area contributed by atoms with Gasteiger partial charge in [0.25, 0.3) is 0 Å². The highest BCUT2D eigenvalue weighted by molar-refractivity contribution is 7.92. The van der Waals surface area contributed by atoms with Crippen LogP contribution in [0.2, 0.25) is 0 Å². The van der Waals surface area contributed by atoms with Crippen LogP contribution in [0.1, 0.15) is 19.8 Å². The second-order valence-electron chi connectivity index (χ2n) is 5.10. The molecule has 0 saturated carbocycles. The molecule has 1 aliphatic heterocycles. The Morgan fingerprint density at radius 3 is 2.67 bits per heavy atom. The summed E-state index contributed by atoms with van der Waals surface area (Å²) in [5.41, 5.74) is 0.362. The van der Waals surface area contributed by atoms with Crippen LogP contribution in [0.3, 0.4) is 0 Å². The Labute approximate surface area is 123 Å². The Morgan fingerprint density at radius 1 is 1.43 bits per heavy atom. The number of amides is 1. The van der Waals surface area contributed by atoms with E-state index in [2.05, 4.69) is 5.32 Å². The Morgan fingerprint density at radius 2 is 2.10 bits per heavy atom. The number of hydrogen-bond donors (Lipinski definition) is 1. The lowest BCUT2D eigenvalue weighted by Gasteiger charge is -2.16. The number of rotatable bonds is 5. The minimum Gasteiger partial charge on any atom is -0.377 e. The van der Waals surface area contributed by atoms with Crippen molar-refractivity contribution in [2.24, 2.45) is 0 Å². The molecule has 1 heterocycles. The molecule has 2 unspecified atom stereocenters. The van der Waals surface area contributed by atoms with E-state index in [4.69, 9.17) is 4.74 Å². The van der Waals surface area contributed by atoms with E-state index in [1.54, 1.807) is 0 Å². The van der Waals surface area contributed by atoms with Gasteiger partial charge in [-0.05, 0) is 44.0 Å². The van der Waals surface area contributed by atoms with Gasteiger partial charge >= 0.3 is 0 Å². The second-order valence-corrected chi connectivity index (χ2v) is 7.47. The molecule has 1 aliphatic rings. The maximum atomic E-state index is 12.8. The van der Waals surface area contributed by atoms with Crippen LogP contribution < -0.4 is 5.32 Å². The van der Waals surface area contributed by atoms with E-state index in [-0.39, 0.29) is 11.9 Å². The first kappa shape index (κ1) is 15.9. The summed E-state index contributed by atoms with van der Waals surface area (Å²) in [6.07, 6.45) is 1.22. The van der Waals surface area contributed by atoms with Gasteiger partial charge in [-0.15, -0.1) is 0 Å². The normalized spacial score (nSPS) is 20.2. The predicted molar refractivity (Wildman–Crippen MR) is 77.3 cm³/mol. The maximum absolute atomic E-state index is 12.8. The fourth-order valence-corrected chi connectivity index (χ4v) is 3.57. The number of halogens is 1. The number of ether oxygens (including phenoxy) is 1. The molecular formula is C14H18FNO4S. The lowest BCUT2D eigenvalue weighted by atomic mass is 10.3. The Hall–Kier alpha value is -1.47. The third kappa shape index (κ3) is 4.25. The minimum absolute atomic E-state index is 0.148. The van der Waals surface area contributed by atoms with Gasteiger partial charge in [0.2, 0.25) is 5.91 Å². The zero-order valence-corrected chi connectivity index (χ0v) is 12.5. The summed E-state index contributed by atoms with van der Waals surface area (Å²) in [6.45, 7) is 1.92. The summed E-state index contributed by atoms with van der Waals surface area (Å²) < 4.78 is 42.4. The fraction of sp³-hybridized carbons (Fsp3) is 0.500. The third-order valence-electron chi connectivity index (χ3n) is 3.46. The Kier molecular flexibility index (Phi) is 4.95. The van der Waals surface area contributed by atoms with Crippen molar-refractivity contribution in [1.29, 1.82) is 0 Å². The van der Waals surface area contributed by atoms with Gasteiger partial charge in [0.15, 0.2) is 9.84 Å². The van der Waals surface area contributed by atoms with E-state index < -0.39 is 26.8 Å². The van der Waals surface area contributed by atoms with Crippen LogP contribution in [0.4, 0.5) is 10.1 Å². The number of anilines is 1. The lowest BCUT2D eigenvalue weighted by Crippen LogP contribution is -2.37. The number of sulfone groups is 1. The van der Waals surface area contributed by atoms with Crippen molar-refractivity contribution >= 4 is 21.4 Å². The van der Waals surface area contributed by atoms with Gasteiger partial charge in [-0.1, -0.05) is 0 Å². The van der Waals surface area contributed by atoms with Crippen molar-refractivity contribution in [3.05, 3.63) is 30.1 Å². The van der Waals surface area contributed by atoms with Gasteiger partial charge < -0.3 is 10.1 Å². The summed E-state index contributed by atoms with van der Waals surface area (Å²) in [4.78, 5) is 12.0. The molecule has 116 valence electrons. The number of benzene rings is 1. The molecular weight excluding hydrogens is 297 g/mol. The number of carbonyl (C=O) groups excluding carboxylic acids is 1. The van der Waals surface area contributed by atoms with Crippen LogP contribution in [-0.4, -0.2) is 38.0 Å². The highest BCUT2D eigenvalue weighted by atomic mass is 32.2. The molecule has 1 aromatic rings. The second kappa shape index (κ2) is 6.53. The SMILES string of the molecule is CC(C(=O)Nc1ccc(F)cc1)S(=O)(=O)CC1CCCO1. The van der Waals surface area contributed by atoms with Crippen LogP contribution in [0.25, 0.3) is 0 Å². The van der Waals surface area contributed by atoms with Crippen LogP contribution >= 0.6 is 0 Å². The van der Waals surface area contributed by atoms with Crippen LogP contribution in [0.15, 0.2) is 24.3 Å². The minimum atomic E-state index is -3.58. The molecule has 5 nitrogen and oxygen atoms in total. The zero-order valence-electron chi connectivity index (χ0n) is 11.7. The first-order valence-electron chi connectivity index (χ1n) is 6.78. The molecule has 21 heavy (non-hydrogen) atoms. The lowest BCUT2D eigenvalue weighted by molar-refractivity contribution is -0.115. The van der Waals surface area contributed by atoms with Crippen molar-refractivity contribution in [3.63, 3.8) is 0 Å². The molecule has 2 rings (SSSR count). The highest BCUT2D eigenvalue weighted by Crippen LogP contribution is 2.17. The van der Waals surface area contributed by atoms with E-state index in [1.165, 1.54) is 31.2 Å². The van der Waals surface area contributed by atoms with Crippen molar-refractivity contribution in [2.45, 2.75) is 31.1 Å². The Balaban J connectivity index is 1.98. The first-order valence-corrected chi connectivity index (χ1v) is 8.49. The third-order valence-corrected chi connectivity index (χ3v) is 5.59. The molecule has 0 radical (unpaired) electrons. The monoisotopic (exact) mass is 315 g/mol. The van der Waals surface area contributed by atoms with E-state index in [1.807, 2.05) is 0 Å². The van der Waals surface area contributed by atoms with Gasteiger partial charge in [0.05, 0.1) is 11.9 Å². The number of carbonyl (C=O) groups is 1. The van der Waals surface area contributed by atoms with E-state index in [0.29, 0.717) is 18.7 Å². The van der Waals surface area contributed by atoms with Crippen molar-refractivity contribution < 1.29 is 22.3 Å². The highest BCUT2D eigenvalue weighted by Gasteiger charge is 2.32. The largest absolute Gasteiger partial charge is 0.377 e. The molecule has 1 N–H and O–H groups in total. The molecule has 0 spiro atoms. The van der Waals surface area contributed by atoms with E-state index in [9.17, 15) is 17.6 Å². The van der Waals surface area contributed by atoms with Gasteiger partial charge in [-0.3, -0.25) is 4.79 Å². The van der Waals surface area contributed by atoms with E-state index >= 15 is 0 Å². The molecule has 0 aromatic heterocycles. The Bertz CT molecular complexity index is 594. The maximum Gasteiger partial charge on any atom is 0.242 e. The smallest absolute Gasteiger partial charge is 0.242 e. The zero-order chi connectivity index (χ0) is 15.5. The van der Waals surface area contributed by atoms with Crippen molar-refractivity contribution in [3.8, 4) is 0 Å². The van der Waals surface area contributed by atoms with Gasteiger partial charge in [-0.25, -0.2) is 12.8 Å². The first-order chi connectivity index (χ1) is 9.88. The van der Waals surface area contributed by atoms with Crippen molar-refractivity contribution in [2.75, 3.05) is 17.7 Å². The predicted octanol–water partition coefficient (Wildman–Crippen LogP) is 1.75. The van der Waals surface area contributed by atoms with Gasteiger partial charge in [0.1, 0.15) is 11.1 Å². The van der Waals surface area contributed by atoms with Crippen LogP contribution in [0, 0.1) is 5.82 Å². The van der Waals surface area contributed by atoms with Gasteiger partial charge in [-0.2, -0.15) is 0 Å². The van der Waals surface area contributed by atoms with Crippen molar-refractivity contribution in [1.82, 2.24) is 0 Å². The average molecular weight is 315 g/mol. The molecule has 1 saturated heterocycles. The summed E-state index contributed by atoms with van der Waals surface area (Å²) >= 11 is 0. The van der Waals surface area contributed by atoms with E-state index in [0.717, 1.165) is 6.42 Å². The molecule has 1 aromatic carbocycles. The molecule has 0 aliphatic carbocycles. The molecule has 0 bridgehead atoms. The molecule has 7 heteroatoms. The summed E-state index contributed by atoms with van der Waals surface area (Å²) in [7, 11) is -3.58. The number of hydrogen-bond acceptors (Lipinski definition) is 4. The molecule has 1 amide bonds. The summed E-state index contributed by atoms with van der Waals surface area (Å²) in [5.74, 6) is -1.20. The van der Waals surface area contributed by atoms with Crippen LogP contribution in [0.5, 0.6) is 0 Å².